The van der Waals surface area contributed by atoms with E-state index in [0.717, 1.165) is 11.1 Å². The summed E-state index contributed by atoms with van der Waals surface area (Å²) < 4.78 is 18.4. The Balaban J connectivity index is 2.10. The summed E-state index contributed by atoms with van der Waals surface area (Å²) in [6.45, 7) is 4.93. The molecule has 1 fully saturated rings. The number of aliphatic hydroxyl groups excluding tert-OH is 1. The molecule has 2 aromatic carbocycles. The van der Waals surface area contributed by atoms with E-state index in [1.807, 2.05) is 24.3 Å². The van der Waals surface area contributed by atoms with Crippen LogP contribution in [0.25, 0.3) is 5.76 Å². The highest BCUT2D eigenvalue weighted by molar-refractivity contribution is 6.46. The molecule has 1 N–H and O–H groups in total. The van der Waals surface area contributed by atoms with Crippen molar-refractivity contribution in [3.63, 3.8) is 0 Å². The summed E-state index contributed by atoms with van der Waals surface area (Å²) in [5, 5.41) is 10.9. The number of likely N-dealkylation sites (tertiary alicyclic amines) is 1. The number of benzene rings is 2. The molecule has 1 aliphatic heterocycles. The standard InChI is InChI=1S/C24H26FNO4/c1-15(2)16-5-7-17(8-6-16)21-20(22(27)18-9-11-19(25)12-10-18)23(28)24(29)26(21)13-4-14-30-3/h5-12,15,21,27H,4,13-14H2,1-3H3/b22-20-. The molecular weight excluding hydrogens is 385 g/mol. The lowest BCUT2D eigenvalue weighted by Crippen LogP contribution is -2.31. The Hall–Kier alpha value is -2.99. The molecule has 0 aliphatic carbocycles. The predicted octanol–water partition coefficient (Wildman–Crippen LogP) is 4.41. The van der Waals surface area contributed by atoms with E-state index in [9.17, 15) is 19.1 Å². The van der Waals surface area contributed by atoms with Crippen LogP contribution in [-0.4, -0.2) is 42.0 Å². The molecule has 0 radical (unpaired) electrons. The van der Waals surface area contributed by atoms with Crippen molar-refractivity contribution >= 4 is 17.4 Å². The van der Waals surface area contributed by atoms with Crippen LogP contribution in [-0.2, 0) is 14.3 Å². The maximum Gasteiger partial charge on any atom is 0.295 e. The van der Waals surface area contributed by atoms with Crippen molar-refractivity contribution in [3.8, 4) is 0 Å². The summed E-state index contributed by atoms with van der Waals surface area (Å²) in [6.07, 6.45) is 0.556. The molecule has 0 spiro atoms. The first-order valence-corrected chi connectivity index (χ1v) is 9.98. The Morgan fingerprint density at radius 2 is 1.73 bits per heavy atom. The molecule has 6 heteroatoms. The van der Waals surface area contributed by atoms with Gasteiger partial charge in [0.2, 0.25) is 0 Å². The number of carbonyl (C=O) groups is 2. The molecule has 0 bridgehead atoms. The molecule has 3 rings (SSSR count). The van der Waals surface area contributed by atoms with Crippen molar-refractivity contribution in [1.29, 1.82) is 0 Å². The van der Waals surface area contributed by atoms with E-state index in [1.54, 1.807) is 7.11 Å². The zero-order valence-electron chi connectivity index (χ0n) is 17.4. The third kappa shape index (κ3) is 4.28. The molecule has 0 saturated carbocycles. The molecule has 1 amide bonds. The van der Waals surface area contributed by atoms with E-state index >= 15 is 0 Å². The van der Waals surface area contributed by atoms with Gasteiger partial charge in [-0.3, -0.25) is 9.59 Å². The Morgan fingerprint density at radius 1 is 1.10 bits per heavy atom. The summed E-state index contributed by atoms with van der Waals surface area (Å²) >= 11 is 0. The monoisotopic (exact) mass is 411 g/mol. The lowest BCUT2D eigenvalue weighted by Gasteiger charge is -2.25. The lowest BCUT2D eigenvalue weighted by atomic mass is 9.93. The Bertz CT molecular complexity index is 948. The van der Waals surface area contributed by atoms with Crippen molar-refractivity contribution in [3.05, 3.63) is 76.6 Å². The molecule has 1 unspecified atom stereocenters. The Labute approximate surface area is 175 Å². The van der Waals surface area contributed by atoms with Crippen LogP contribution in [0, 0.1) is 5.82 Å². The minimum atomic E-state index is -0.743. The summed E-state index contributed by atoms with van der Waals surface area (Å²) in [6, 6.07) is 12.2. The molecule has 1 heterocycles. The third-order valence-corrected chi connectivity index (χ3v) is 5.32. The van der Waals surface area contributed by atoms with Crippen molar-refractivity contribution in [2.75, 3.05) is 20.3 Å². The highest BCUT2D eigenvalue weighted by Crippen LogP contribution is 2.39. The second-order valence-electron chi connectivity index (χ2n) is 7.67. The molecular formula is C24H26FNO4. The summed E-state index contributed by atoms with van der Waals surface area (Å²) in [5.74, 6) is -1.82. The van der Waals surface area contributed by atoms with Crippen LogP contribution in [0.1, 0.15) is 48.9 Å². The third-order valence-electron chi connectivity index (χ3n) is 5.32. The maximum atomic E-state index is 13.3. The quantitative estimate of drug-likeness (QED) is 0.317. The summed E-state index contributed by atoms with van der Waals surface area (Å²) in [4.78, 5) is 27.1. The molecule has 158 valence electrons. The van der Waals surface area contributed by atoms with Crippen LogP contribution in [0.2, 0.25) is 0 Å². The predicted molar refractivity (Wildman–Crippen MR) is 112 cm³/mol. The van der Waals surface area contributed by atoms with Crippen LogP contribution < -0.4 is 0 Å². The zero-order valence-corrected chi connectivity index (χ0v) is 17.4. The van der Waals surface area contributed by atoms with Gasteiger partial charge in [-0.25, -0.2) is 4.39 Å². The van der Waals surface area contributed by atoms with Gasteiger partial charge in [-0.1, -0.05) is 38.1 Å². The number of Topliss-reactive ketones (excluding diaryl/α,β-unsaturated/α-hetero) is 1. The number of amides is 1. The molecule has 0 aromatic heterocycles. The first-order valence-electron chi connectivity index (χ1n) is 9.98. The number of ketones is 1. The van der Waals surface area contributed by atoms with Crippen LogP contribution in [0.5, 0.6) is 0 Å². The number of halogens is 1. The van der Waals surface area contributed by atoms with Crippen LogP contribution >= 0.6 is 0 Å². The summed E-state index contributed by atoms with van der Waals surface area (Å²) in [5.41, 5.74) is 2.17. The van der Waals surface area contributed by atoms with Gasteiger partial charge < -0.3 is 14.7 Å². The maximum absolute atomic E-state index is 13.3. The largest absolute Gasteiger partial charge is 0.507 e. The molecule has 2 aromatic rings. The average Bonchev–Trinajstić information content (AvgIpc) is 2.99. The van der Waals surface area contributed by atoms with Gasteiger partial charge in [0, 0.05) is 25.8 Å². The molecule has 5 nitrogen and oxygen atoms in total. The minimum absolute atomic E-state index is 0.0151. The van der Waals surface area contributed by atoms with Crippen LogP contribution in [0.15, 0.2) is 54.1 Å². The zero-order chi connectivity index (χ0) is 21.8. The Morgan fingerprint density at radius 3 is 2.30 bits per heavy atom. The number of methoxy groups -OCH3 is 1. The van der Waals surface area contributed by atoms with Gasteiger partial charge in [0.05, 0.1) is 11.6 Å². The Kier molecular flexibility index (Phi) is 6.67. The van der Waals surface area contributed by atoms with E-state index in [2.05, 4.69) is 13.8 Å². The number of carbonyl (C=O) groups excluding carboxylic acids is 2. The number of nitrogens with zero attached hydrogens (tertiary/aromatic N) is 1. The fourth-order valence-electron chi connectivity index (χ4n) is 3.66. The lowest BCUT2D eigenvalue weighted by molar-refractivity contribution is -0.140. The van der Waals surface area contributed by atoms with Gasteiger partial charge in [0.1, 0.15) is 11.6 Å². The smallest absolute Gasteiger partial charge is 0.295 e. The van der Waals surface area contributed by atoms with Gasteiger partial charge in [0.15, 0.2) is 0 Å². The van der Waals surface area contributed by atoms with E-state index in [4.69, 9.17) is 4.74 Å². The van der Waals surface area contributed by atoms with Crippen molar-refractivity contribution in [1.82, 2.24) is 4.90 Å². The van der Waals surface area contributed by atoms with Gasteiger partial charge in [0.25, 0.3) is 11.7 Å². The van der Waals surface area contributed by atoms with E-state index in [1.165, 1.54) is 29.2 Å². The van der Waals surface area contributed by atoms with Gasteiger partial charge in [-0.15, -0.1) is 0 Å². The average molecular weight is 411 g/mol. The number of rotatable bonds is 7. The van der Waals surface area contributed by atoms with E-state index < -0.39 is 23.5 Å². The van der Waals surface area contributed by atoms with Crippen molar-refractivity contribution in [2.24, 2.45) is 0 Å². The topological polar surface area (TPSA) is 66.8 Å². The second-order valence-corrected chi connectivity index (χ2v) is 7.67. The van der Waals surface area contributed by atoms with E-state index in [0.29, 0.717) is 25.5 Å². The minimum Gasteiger partial charge on any atom is -0.507 e. The summed E-state index contributed by atoms with van der Waals surface area (Å²) in [7, 11) is 1.57. The number of aliphatic hydroxyl groups is 1. The van der Waals surface area contributed by atoms with Crippen molar-refractivity contribution in [2.45, 2.75) is 32.2 Å². The first-order chi connectivity index (χ1) is 14.3. The van der Waals surface area contributed by atoms with Crippen molar-refractivity contribution < 1.29 is 23.8 Å². The van der Waals surface area contributed by atoms with Crippen LogP contribution in [0.3, 0.4) is 0 Å². The SMILES string of the molecule is COCCCN1C(=O)C(=O)/C(=C(\O)c2ccc(F)cc2)C1c1ccc(C(C)C)cc1. The number of hydrogen-bond donors (Lipinski definition) is 1. The number of ether oxygens (including phenoxy) is 1. The molecule has 30 heavy (non-hydrogen) atoms. The fraction of sp³-hybridized carbons (Fsp3) is 0.333. The highest BCUT2D eigenvalue weighted by Gasteiger charge is 2.45. The molecule has 1 aliphatic rings. The van der Waals surface area contributed by atoms with Crippen LogP contribution in [0.4, 0.5) is 4.39 Å². The van der Waals surface area contributed by atoms with Gasteiger partial charge in [-0.05, 0) is 47.7 Å². The van der Waals surface area contributed by atoms with Gasteiger partial charge >= 0.3 is 0 Å². The van der Waals surface area contributed by atoms with Gasteiger partial charge in [-0.2, -0.15) is 0 Å². The number of hydrogen-bond acceptors (Lipinski definition) is 4. The highest BCUT2D eigenvalue weighted by atomic mass is 19.1. The normalized spacial score (nSPS) is 18.4. The molecule has 1 atom stereocenters. The first kappa shape index (κ1) is 21.7. The fourth-order valence-corrected chi connectivity index (χ4v) is 3.66. The molecule has 1 saturated heterocycles. The van der Waals surface area contributed by atoms with E-state index in [-0.39, 0.29) is 16.9 Å². The second kappa shape index (κ2) is 9.22.